The minimum Gasteiger partial charge on any atom is -0.457 e. The molecule has 5 nitrogen and oxygen atoms in total. The van der Waals surface area contributed by atoms with Crippen LogP contribution in [0.1, 0.15) is 11.3 Å². The summed E-state index contributed by atoms with van der Waals surface area (Å²) < 4.78 is 19.6. The van der Waals surface area contributed by atoms with Crippen molar-refractivity contribution in [2.45, 2.75) is 6.54 Å². The summed E-state index contributed by atoms with van der Waals surface area (Å²) >= 11 is 12.2. The minimum atomic E-state index is -0.630. The zero-order chi connectivity index (χ0) is 20.5. The quantitative estimate of drug-likeness (QED) is 0.439. The van der Waals surface area contributed by atoms with Crippen LogP contribution >= 0.6 is 23.2 Å². The Morgan fingerprint density at radius 2 is 1.83 bits per heavy atom. The lowest BCUT2D eigenvalue weighted by Gasteiger charge is -2.12. The van der Waals surface area contributed by atoms with Gasteiger partial charge in [-0.25, -0.2) is 9.18 Å². The predicted octanol–water partition coefficient (Wildman–Crippen LogP) is 5.49. The maximum absolute atomic E-state index is 13.8. The van der Waals surface area contributed by atoms with E-state index >= 15 is 0 Å². The van der Waals surface area contributed by atoms with Gasteiger partial charge in [0.1, 0.15) is 23.0 Å². The second-order valence-corrected chi connectivity index (χ2v) is 7.06. The number of carbonyl (C=O) groups excluding carboxylic acids is 2. The lowest BCUT2D eigenvalue weighted by atomic mass is 10.2. The van der Waals surface area contributed by atoms with Gasteiger partial charge in [-0.15, -0.1) is 0 Å². The van der Waals surface area contributed by atoms with Crippen molar-refractivity contribution in [3.05, 3.63) is 87.5 Å². The van der Waals surface area contributed by atoms with E-state index < -0.39 is 17.8 Å². The molecule has 0 bridgehead atoms. The van der Waals surface area contributed by atoms with Crippen LogP contribution in [0.3, 0.4) is 0 Å². The first-order chi connectivity index (χ1) is 13.9. The van der Waals surface area contributed by atoms with E-state index in [-0.39, 0.29) is 17.8 Å². The summed E-state index contributed by atoms with van der Waals surface area (Å²) in [6.07, 6.45) is 1.41. The molecule has 0 atom stereocenters. The number of benzene rings is 2. The molecule has 1 N–H and O–H groups in total. The van der Waals surface area contributed by atoms with Crippen molar-refractivity contribution in [3.63, 3.8) is 0 Å². The van der Waals surface area contributed by atoms with E-state index in [9.17, 15) is 14.0 Å². The highest BCUT2D eigenvalue weighted by Gasteiger charge is 2.34. The van der Waals surface area contributed by atoms with Gasteiger partial charge in [-0.2, -0.15) is 0 Å². The van der Waals surface area contributed by atoms with Crippen molar-refractivity contribution in [2.75, 3.05) is 0 Å². The Hall–Kier alpha value is -3.09. The Kier molecular flexibility index (Phi) is 5.13. The number of hydrogen-bond donors (Lipinski definition) is 1. The molecule has 1 fully saturated rings. The van der Waals surface area contributed by atoms with Crippen LogP contribution in [-0.2, 0) is 11.3 Å². The van der Waals surface area contributed by atoms with Crippen molar-refractivity contribution in [1.82, 2.24) is 10.2 Å². The van der Waals surface area contributed by atoms with Crippen LogP contribution in [0.15, 0.2) is 64.7 Å². The zero-order valence-electron chi connectivity index (χ0n) is 14.8. The van der Waals surface area contributed by atoms with Crippen LogP contribution < -0.4 is 5.32 Å². The average Bonchev–Trinajstić information content (AvgIpc) is 3.26. The lowest BCUT2D eigenvalue weighted by Crippen LogP contribution is -2.30. The number of carbonyl (C=O) groups is 2. The second-order valence-electron chi connectivity index (χ2n) is 6.27. The molecule has 0 aliphatic carbocycles. The Morgan fingerprint density at radius 3 is 2.62 bits per heavy atom. The highest BCUT2D eigenvalue weighted by Crippen LogP contribution is 2.34. The molecule has 29 heavy (non-hydrogen) atoms. The molecule has 3 amide bonds. The molecule has 1 aliphatic rings. The highest BCUT2D eigenvalue weighted by molar-refractivity contribution is 6.43. The third-order valence-electron chi connectivity index (χ3n) is 4.38. The SMILES string of the molecule is O=C1N/C(=C\c2ccc(-c3cccc(Cl)c3Cl)o2)C(=O)N1Cc1ccccc1F. The van der Waals surface area contributed by atoms with Gasteiger partial charge in [0.25, 0.3) is 5.91 Å². The van der Waals surface area contributed by atoms with E-state index in [1.54, 1.807) is 36.4 Å². The van der Waals surface area contributed by atoms with Crippen LogP contribution in [0.5, 0.6) is 0 Å². The molecule has 0 unspecified atom stereocenters. The number of hydrogen-bond acceptors (Lipinski definition) is 3. The van der Waals surface area contributed by atoms with Crippen molar-refractivity contribution in [3.8, 4) is 11.3 Å². The number of halogens is 3. The monoisotopic (exact) mass is 430 g/mol. The average molecular weight is 431 g/mol. The highest BCUT2D eigenvalue weighted by atomic mass is 35.5. The van der Waals surface area contributed by atoms with E-state index in [2.05, 4.69) is 5.32 Å². The molecule has 2 heterocycles. The first kappa shape index (κ1) is 19.2. The van der Waals surface area contributed by atoms with E-state index in [0.717, 1.165) is 4.90 Å². The smallest absolute Gasteiger partial charge is 0.329 e. The van der Waals surface area contributed by atoms with Crippen LogP contribution in [0.25, 0.3) is 17.4 Å². The Bertz CT molecular complexity index is 1160. The van der Waals surface area contributed by atoms with Gasteiger partial charge in [-0.05, 0) is 30.3 Å². The second kappa shape index (κ2) is 7.73. The topological polar surface area (TPSA) is 62.6 Å². The van der Waals surface area contributed by atoms with Crippen LogP contribution in [-0.4, -0.2) is 16.8 Å². The van der Waals surface area contributed by atoms with Crippen LogP contribution in [0.4, 0.5) is 9.18 Å². The fraction of sp³-hybridized carbons (Fsp3) is 0.0476. The van der Waals surface area contributed by atoms with Gasteiger partial charge in [0.05, 0.1) is 16.6 Å². The molecule has 3 aromatic rings. The van der Waals surface area contributed by atoms with Gasteiger partial charge in [0, 0.05) is 17.2 Å². The first-order valence-electron chi connectivity index (χ1n) is 8.56. The summed E-state index contributed by atoms with van der Waals surface area (Å²) in [7, 11) is 0. The standard InChI is InChI=1S/C21H13Cl2FN2O3/c22-15-6-3-5-14(19(15)23)18-9-8-13(29-18)10-17-20(27)26(21(28)25-17)11-12-4-1-2-7-16(12)24/h1-10H,11H2,(H,25,28)/b17-10-. The summed E-state index contributed by atoms with van der Waals surface area (Å²) in [5.74, 6) is -0.256. The zero-order valence-corrected chi connectivity index (χ0v) is 16.3. The Balaban J connectivity index is 1.57. The molecule has 2 aromatic carbocycles. The summed E-state index contributed by atoms with van der Waals surface area (Å²) in [4.78, 5) is 25.7. The fourth-order valence-electron chi connectivity index (χ4n) is 2.92. The van der Waals surface area contributed by atoms with Gasteiger partial charge < -0.3 is 9.73 Å². The van der Waals surface area contributed by atoms with E-state index in [1.165, 1.54) is 24.3 Å². The predicted molar refractivity (Wildman–Crippen MR) is 108 cm³/mol. The molecular weight excluding hydrogens is 418 g/mol. The number of rotatable bonds is 4. The van der Waals surface area contributed by atoms with E-state index in [1.807, 2.05) is 0 Å². The van der Waals surface area contributed by atoms with Crippen LogP contribution in [0.2, 0.25) is 10.0 Å². The van der Waals surface area contributed by atoms with Crippen molar-refractivity contribution < 1.29 is 18.4 Å². The molecule has 0 radical (unpaired) electrons. The molecule has 0 saturated carbocycles. The molecule has 1 aromatic heterocycles. The number of amides is 3. The van der Waals surface area contributed by atoms with Gasteiger partial charge in [-0.1, -0.05) is 47.5 Å². The summed E-state index contributed by atoms with van der Waals surface area (Å²) in [6, 6.07) is 13.8. The minimum absolute atomic E-state index is 0.0319. The maximum atomic E-state index is 13.8. The normalized spacial score (nSPS) is 15.3. The van der Waals surface area contributed by atoms with Gasteiger partial charge in [0.15, 0.2) is 0 Å². The summed E-state index contributed by atoms with van der Waals surface area (Å²) in [5.41, 5.74) is 0.879. The Morgan fingerprint density at radius 1 is 1.03 bits per heavy atom. The number of nitrogens with zero attached hydrogens (tertiary/aromatic N) is 1. The lowest BCUT2D eigenvalue weighted by molar-refractivity contribution is -0.123. The summed E-state index contributed by atoms with van der Waals surface area (Å²) in [6.45, 7) is -0.170. The van der Waals surface area contributed by atoms with Crippen molar-refractivity contribution >= 4 is 41.2 Å². The molecule has 146 valence electrons. The molecule has 0 spiro atoms. The molecule has 1 aliphatic heterocycles. The number of furan rings is 1. The van der Waals surface area contributed by atoms with Gasteiger partial charge in [-0.3, -0.25) is 9.69 Å². The number of urea groups is 1. The van der Waals surface area contributed by atoms with Gasteiger partial charge >= 0.3 is 6.03 Å². The molecule has 1 saturated heterocycles. The fourth-order valence-corrected chi connectivity index (χ4v) is 3.32. The van der Waals surface area contributed by atoms with Crippen LogP contribution in [0, 0.1) is 5.82 Å². The molecule has 8 heteroatoms. The maximum Gasteiger partial charge on any atom is 0.329 e. The van der Waals surface area contributed by atoms with E-state index in [4.69, 9.17) is 27.6 Å². The summed E-state index contributed by atoms with van der Waals surface area (Å²) in [5, 5.41) is 3.22. The third-order valence-corrected chi connectivity index (χ3v) is 5.20. The molecule has 4 rings (SSSR count). The largest absolute Gasteiger partial charge is 0.457 e. The Labute approximate surface area is 175 Å². The molecular formula is C21H13Cl2FN2O3. The van der Waals surface area contributed by atoms with Crippen molar-refractivity contribution in [2.24, 2.45) is 0 Å². The van der Waals surface area contributed by atoms with Crippen molar-refractivity contribution in [1.29, 1.82) is 0 Å². The third kappa shape index (κ3) is 3.77. The van der Waals surface area contributed by atoms with E-state index in [0.29, 0.717) is 27.1 Å². The first-order valence-corrected chi connectivity index (χ1v) is 9.32. The number of imide groups is 1. The van der Waals surface area contributed by atoms with Gasteiger partial charge in [0.2, 0.25) is 0 Å². The number of nitrogens with one attached hydrogen (secondary N) is 1.